The minimum Gasteiger partial charge on any atom is -0.390 e. The monoisotopic (exact) mass is 306 g/mol. The summed E-state index contributed by atoms with van der Waals surface area (Å²) in [5.74, 6) is 0.919. The van der Waals surface area contributed by atoms with Gasteiger partial charge in [-0.3, -0.25) is 0 Å². The third kappa shape index (κ3) is 2.92. The molecule has 0 aliphatic heterocycles. The summed E-state index contributed by atoms with van der Waals surface area (Å²) in [5.41, 5.74) is 3.86. The molecule has 1 unspecified atom stereocenters. The molecule has 1 aromatic heterocycles. The van der Waals surface area contributed by atoms with E-state index in [0.717, 1.165) is 34.8 Å². The smallest absolute Gasteiger partial charge is 0.141 e. The predicted molar refractivity (Wildman–Crippen MR) is 94.0 cm³/mol. The van der Waals surface area contributed by atoms with E-state index in [9.17, 15) is 5.11 Å². The minimum absolute atomic E-state index is 0.0194. The molecule has 2 aromatic carbocycles. The lowest BCUT2D eigenvalue weighted by molar-refractivity contribution is 0.267. The van der Waals surface area contributed by atoms with Crippen LogP contribution in [0, 0.1) is 0 Å². The van der Waals surface area contributed by atoms with Crippen LogP contribution in [0.2, 0.25) is 0 Å². The maximum absolute atomic E-state index is 10.0. The summed E-state index contributed by atoms with van der Waals surface area (Å²) in [7, 11) is 0. The highest BCUT2D eigenvalue weighted by Gasteiger charge is 2.21. The Morgan fingerprint density at radius 2 is 1.52 bits per heavy atom. The van der Waals surface area contributed by atoms with E-state index in [4.69, 9.17) is 4.98 Å². The highest BCUT2D eigenvalue weighted by molar-refractivity contribution is 5.68. The van der Waals surface area contributed by atoms with Crippen LogP contribution < -0.4 is 0 Å². The van der Waals surface area contributed by atoms with Crippen molar-refractivity contribution in [2.75, 3.05) is 0 Å². The highest BCUT2D eigenvalue weighted by atomic mass is 16.3. The Balaban J connectivity index is 2.25. The summed E-state index contributed by atoms with van der Waals surface area (Å²) in [6.45, 7) is 4.30. The van der Waals surface area contributed by atoms with Crippen LogP contribution in [-0.4, -0.2) is 14.7 Å². The molecule has 0 saturated heterocycles. The molecule has 3 aromatic rings. The maximum atomic E-state index is 10.0. The van der Waals surface area contributed by atoms with Crippen molar-refractivity contribution in [2.24, 2.45) is 0 Å². The predicted octanol–water partition coefficient (Wildman–Crippen LogP) is 4.68. The molecule has 0 bridgehead atoms. The third-order valence-corrected chi connectivity index (χ3v) is 4.27. The molecule has 1 atom stereocenters. The number of imidazole rings is 1. The van der Waals surface area contributed by atoms with Crippen LogP contribution in [-0.2, 0) is 6.61 Å². The fourth-order valence-electron chi connectivity index (χ4n) is 2.89. The normalized spacial score (nSPS) is 12.3. The number of aliphatic hydroxyl groups is 1. The van der Waals surface area contributed by atoms with Crippen molar-refractivity contribution in [3.05, 3.63) is 66.4 Å². The summed E-state index contributed by atoms with van der Waals surface area (Å²) < 4.78 is 2.18. The molecule has 3 heteroatoms. The molecule has 118 valence electrons. The zero-order valence-electron chi connectivity index (χ0n) is 13.6. The summed E-state index contributed by atoms with van der Waals surface area (Å²) in [4.78, 5) is 4.89. The molecule has 0 amide bonds. The van der Waals surface area contributed by atoms with Crippen LogP contribution in [0.3, 0.4) is 0 Å². The van der Waals surface area contributed by atoms with Gasteiger partial charge in [-0.05, 0) is 13.3 Å². The van der Waals surface area contributed by atoms with Crippen LogP contribution in [0.25, 0.3) is 22.6 Å². The van der Waals surface area contributed by atoms with Gasteiger partial charge in [0, 0.05) is 17.2 Å². The van der Waals surface area contributed by atoms with Gasteiger partial charge in [0.1, 0.15) is 5.82 Å². The molecular formula is C20H22N2O. The lowest BCUT2D eigenvalue weighted by Crippen LogP contribution is -2.10. The van der Waals surface area contributed by atoms with Crippen molar-refractivity contribution in [1.82, 2.24) is 9.55 Å². The largest absolute Gasteiger partial charge is 0.390 e. The number of hydrogen-bond acceptors (Lipinski definition) is 2. The topological polar surface area (TPSA) is 38.0 Å². The highest BCUT2D eigenvalue weighted by Crippen LogP contribution is 2.32. The molecule has 3 rings (SSSR count). The van der Waals surface area contributed by atoms with E-state index in [-0.39, 0.29) is 12.6 Å². The Kier molecular flexibility index (Phi) is 4.58. The van der Waals surface area contributed by atoms with Gasteiger partial charge in [-0.1, -0.05) is 67.6 Å². The standard InChI is InChI=1S/C20H22N2O/c1-3-15(2)22-18(14-23)19(16-10-6-4-7-11-16)21-20(22)17-12-8-5-9-13-17/h4-13,15,23H,3,14H2,1-2H3. The SMILES string of the molecule is CCC(C)n1c(-c2ccccc2)nc(-c2ccccc2)c1CO. The van der Waals surface area contributed by atoms with Crippen LogP contribution >= 0.6 is 0 Å². The van der Waals surface area contributed by atoms with Gasteiger partial charge >= 0.3 is 0 Å². The molecule has 23 heavy (non-hydrogen) atoms. The maximum Gasteiger partial charge on any atom is 0.141 e. The Labute approximate surface area is 137 Å². The van der Waals surface area contributed by atoms with Crippen molar-refractivity contribution in [1.29, 1.82) is 0 Å². The number of aliphatic hydroxyl groups excluding tert-OH is 1. The van der Waals surface area contributed by atoms with Gasteiger partial charge in [0.25, 0.3) is 0 Å². The number of hydrogen-bond donors (Lipinski definition) is 1. The Morgan fingerprint density at radius 1 is 0.957 bits per heavy atom. The fraction of sp³-hybridized carbons (Fsp3) is 0.250. The Hall–Kier alpha value is -2.39. The van der Waals surface area contributed by atoms with Crippen LogP contribution in [0.15, 0.2) is 60.7 Å². The van der Waals surface area contributed by atoms with Crippen molar-refractivity contribution < 1.29 is 5.11 Å². The van der Waals surface area contributed by atoms with Crippen LogP contribution in [0.1, 0.15) is 32.0 Å². The van der Waals surface area contributed by atoms with E-state index in [1.54, 1.807) is 0 Å². The first-order valence-corrected chi connectivity index (χ1v) is 8.09. The van der Waals surface area contributed by atoms with E-state index in [1.807, 2.05) is 48.5 Å². The summed E-state index contributed by atoms with van der Waals surface area (Å²) in [5, 5.41) is 10.0. The van der Waals surface area contributed by atoms with Crippen molar-refractivity contribution in [2.45, 2.75) is 32.9 Å². The molecule has 0 aliphatic carbocycles. The van der Waals surface area contributed by atoms with Crippen LogP contribution in [0.5, 0.6) is 0 Å². The Morgan fingerprint density at radius 3 is 2.04 bits per heavy atom. The average Bonchev–Trinajstić information content (AvgIpc) is 3.02. The molecule has 1 heterocycles. The molecule has 0 spiro atoms. The van der Waals surface area contributed by atoms with E-state index in [1.165, 1.54) is 0 Å². The first-order chi connectivity index (χ1) is 11.3. The zero-order valence-corrected chi connectivity index (χ0v) is 13.6. The lowest BCUT2D eigenvalue weighted by Gasteiger charge is -2.17. The molecule has 3 nitrogen and oxygen atoms in total. The lowest BCUT2D eigenvalue weighted by atomic mass is 10.1. The van der Waals surface area contributed by atoms with E-state index >= 15 is 0 Å². The third-order valence-electron chi connectivity index (χ3n) is 4.27. The van der Waals surface area contributed by atoms with Gasteiger partial charge < -0.3 is 9.67 Å². The van der Waals surface area contributed by atoms with Gasteiger partial charge in [0.05, 0.1) is 18.0 Å². The number of rotatable bonds is 5. The van der Waals surface area contributed by atoms with Gasteiger partial charge in [-0.25, -0.2) is 4.98 Å². The molecule has 0 fully saturated rings. The quantitative estimate of drug-likeness (QED) is 0.743. The van der Waals surface area contributed by atoms with Crippen LogP contribution in [0.4, 0.5) is 0 Å². The van der Waals surface area contributed by atoms with Gasteiger partial charge in [0.15, 0.2) is 0 Å². The second-order valence-corrected chi connectivity index (χ2v) is 5.75. The summed E-state index contributed by atoms with van der Waals surface area (Å²) in [6, 6.07) is 20.5. The first-order valence-electron chi connectivity index (χ1n) is 8.09. The van der Waals surface area contributed by atoms with E-state index in [0.29, 0.717) is 0 Å². The second kappa shape index (κ2) is 6.80. The molecule has 1 N–H and O–H groups in total. The first kappa shape index (κ1) is 15.5. The molecule has 0 aliphatic rings. The van der Waals surface area contributed by atoms with Crippen molar-refractivity contribution in [3.8, 4) is 22.6 Å². The van der Waals surface area contributed by atoms with Crippen molar-refractivity contribution >= 4 is 0 Å². The minimum atomic E-state index is -0.0194. The summed E-state index contributed by atoms with van der Waals surface area (Å²) in [6.07, 6.45) is 0.984. The molecule has 0 saturated carbocycles. The van der Waals surface area contributed by atoms with Gasteiger partial charge in [0.2, 0.25) is 0 Å². The fourth-order valence-corrected chi connectivity index (χ4v) is 2.89. The van der Waals surface area contributed by atoms with E-state index in [2.05, 4.69) is 30.5 Å². The zero-order chi connectivity index (χ0) is 16.2. The van der Waals surface area contributed by atoms with Gasteiger partial charge in [-0.15, -0.1) is 0 Å². The molecule has 0 radical (unpaired) electrons. The number of aromatic nitrogens is 2. The molecular weight excluding hydrogens is 284 g/mol. The van der Waals surface area contributed by atoms with Gasteiger partial charge in [-0.2, -0.15) is 0 Å². The summed E-state index contributed by atoms with van der Waals surface area (Å²) >= 11 is 0. The van der Waals surface area contributed by atoms with E-state index < -0.39 is 0 Å². The Bertz CT molecular complexity index is 763. The van der Waals surface area contributed by atoms with Crippen molar-refractivity contribution in [3.63, 3.8) is 0 Å². The number of nitrogens with zero attached hydrogens (tertiary/aromatic N) is 2. The second-order valence-electron chi connectivity index (χ2n) is 5.75. The number of benzene rings is 2. The average molecular weight is 306 g/mol.